The van der Waals surface area contributed by atoms with Crippen molar-refractivity contribution >= 4 is 11.6 Å². The minimum absolute atomic E-state index is 0.123. The molecule has 5 heteroatoms. The Morgan fingerprint density at radius 1 is 1.35 bits per heavy atom. The number of methoxy groups -OCH3 is 1. The predicted molar refractivity (Wildman–Crippen MR) is 83.8 cm³/mol. The van der Waals surface area contributed by atoms with E-state index in [0.29, 0.717) is 5.02 Å². The van der Waals surface area contributed by atoms with Crippen LogP contribution in [0.3, 0.4) is 0 Å². The number of ether oxygens (including phenoxy) is 2. The summed E-state index contributed by atoms with van der Waals surface area (Å²) in [5.41, 5.74) is 0. The van der Waals surface area contributed by atoms with E-state index in [1.807, 2.05) is 24.3 Å². The maximum atomic E-state index is 5.94. The quantitative estimate of drug-likeness (QED) is 0.672. The lowest BCUT2D eigenvalue weighted by Crippen LogP contribution is -2.36. The molecule has 0 spiro atoms. The fraction of sp³-hybridized carbons (Fsp3) is 0.600. The van der Waals surface area contributed by atoms with Crippen LogP contribution in [0.25, 0.3) is 0 Å². The van der Waals surface area contributed by atoms with E-state index in [1.54, 1.807) is 7.11 Å². The molecule has 4 nitrogen and oxygen atoms in total. The van der Waals surface area contributed by atoms with Gasteiger partial charge in [0.25, 0.3) is 0 Å². The number of benzene rings is 1. The molecule has 0 aliphatic carbocycles. The van der Waals surface area contributed by atoms with E-state index in [2.05, 4.69) is 24.2 Å². The summed E-state index contributed by atoms with van der Waals surface area (Å²) in [7, 11) is 3.80. The second kappa shape index (κ2) is 10.00. The molecule has 0 saturated heterocycles. The van der Waals surface area contributed by atoms with E-state index in [0.717, 1.165) is 38.5 Å². The van der Waals surface area contributed by atoms with Crippen molar-refractivity contribution in [2.45, 2.75) is 13.0 Å². The normalized spacial score (nSPS) is 12.7. The van der Waals surface area contributed by atoms with Crippen molar-refractivity contribution in [3.63, 3.8) is 0 Å². The highest BCUT2D eigenvalue weighted by Gasteiger charge is 2.08. The van der Waals surface area contributed by atoms with Crippen molar-refractivity contribution in [1.29, 1.82) is 0 Å². The van der Waals surface area contributed by atoms with Crippen molar-refractivity contribution in [1.82, 2.24) is 10.2 Å². The molecule has 1 rings (SSSR count). The summed E-state index contributed by atoms with van der Waals surface area (Å²) in [4.78, 5) is 2.25. The molecule has 1 atom stereocenters. The van der Waals surface area contributed by atoms with Crippen LogP contribution >= 0.6 is 11.6 Å². The molecule has 1 aromatic carbocycles. The lowest BCUT2D eigenvalue weighted by molar-refractivity contribution is 0.161. The average molecular weight is 301 g/mol. The van der Waals surface area contributed by atoms with Crippen molar-refractivity contribution < 1.29 is 9.47 Å². The van der Waals surface area contributed by atoms with Gasteiger partial charge in [-0.25, -0.2) is 0 Å². The number of nitrogens with zero attached hydrogens (tertiary/aromatic N) is 1. The van der Waals surface area contributed by atoms with Gasteiger partial charge < -0.3 is 19.7 Å². The summed E-state index contributed by atoms with van der Waals surface area (Å²) < 4.78 is 10.8. The van der Waals surface area contributed by atoms with Gasteiger partial charge in [0, 0.05) is 38.3 Å². The smallest absolute Gasteiger partial charge is 0.121 e. The van der Waals surface area contributed by atoms with Gasteiger partial charge in [0.15, 0.2) is 0 Å². The highest BCUT2D eigenvalue weighted by Crippen LogP contribution is 2.18. The third kappa shape index (κ3) is 7.70. The third-order valence-electron chi connectivity index (χ3n) is 2.86. The summed E-state index contributed by atoms with van der Waals surface area (Å²) in [6, 6.07) is 7.50. The first kappa shape index (κ1) is 17.2. The fourth-order valence-corrected chi connectivity index (χ4v) is 2.09. The Kier molecular flexibility index (Phi) is 8.62. The lowest BCUT2D eigenvalue weighted by Gasteiger charge is -2.22. The number of nitrogens with one attached hydrogen (secondary N) is 1. The molecule has 0 saturated carbocycles. The maximum absolute atomic E-state index is 5.94. The largest absolute Gasteiger partial charge is 0.489 e. The minimum Gasteiger partial charge on any atom is -0.489 e. The summed E-state index contributed by atoms with van der Waals surface area (Å²) in [5.74, 6) is 0.816. The van der Waals surface area contributed by atoms with E-state index >= 15 is 0 Å². The molecule has 0 fully saturated rings. The molecule has 0 aliphatic heterocycles. The fourth-order valence-electron chi connectivity index (χ4n) is 1.91. The van der Waals surface area contributed by atoms with Crippen LogP contribution in [-0.4, -0.2) is 57.9 Å². The first-order chi connectivity index (χ1) is 9.61. The Hall–Kier alpha value is -0.810. The van der Waals surface area contributed by atoms with Crippen molar-refractivity contribution in [2.75, 3.05) is 46.9 Å². The molecular formula is C15H25ClN2O2. The van der Waals surface area contributed by atoms with Gasteiger partial charge >= 0.3 is 0 Å². The van der Waals surface area contributed by atoms with Gasteiger partial charge in [-0.1, -0.05) is 17.7 Å². The summed E-state index contributed by atoms with van der Waals surface area (Å²) >= 11 is 5.94. The first-order valence-electron chi connectivity index (χ1n) is 6.92. The van der Waals surface area contributed by atoms with E-state index in [1.165, 1.54) is 0 Å². The molecule has 20 heavy (non-hydrogen) atoms. The Balaban J connectivity index is 2.19. The van der Waals surface area contributed by atoms with E-state index < -0.39 is 0 Å². The topological polar surface area (TPSA) is 33.7 Å². The van der Waals surface area contributed by atoms with Crippen molar-refractivity contribution in [3.8, 4) is 5.75 Å². The molecule has 1 unspecified atom stereocenters. The highest BCUT2D eigenvalue weighted by atomic mass is 35.5. The molecule has 0 aliphatic rings. The van der Waals surface area contributed by atoms with Crippen LogP contribution < -0.4 is 10.1 Å². The molecule has 0 radical (unpaired) electrons. The molecule has 0 amide bonds. The lowest BCUT2D eigenvalue weighted by atomic mass is 10.3. The van der Waals surface area contributed by atoms with Gasteiger partial charge in [0.05, 0.1) is 6.61 Å². The molecule has 0 heterocycles. The zero-order valence-electron chi connectivity index (χ0n) is 12.6. The van der Waals surface area contributed by atoms with Crippen molar-refractivity contribution in [2.24, 2.45) is 0 Å². The summed E-state index contributed by atoms with van der Waals surface area (Å²) in [6.07, 6.45) is 0.123. The summed E-state index contributed by atoms with van der Waals surface area (Å²) in [6.45, 7) is 6.50. The predicted octanol–water partition coefficient (Wildman–Crippen LogP) is 2.28. The van der Waals surface area contributed by atoms with Gasteiger partial charge in [0.1, 0.15) is 11.9 Å². The number of rotatable bonds is 10. The molecule has 114 valence electrons. The Labute approximate surface area is 127 Å². The monoisotopic (exact) mass is 300 g/mol. The van der Waals surface area contributed by atoms with Crippen LogP contribution in [0, 0.1) is 0 Å². The standard InChI is InChI=1S/C15H25ClN2O2/c1-13(20-15-6-4-5-14(16)11-15)12-18(2)9-7-17-8-10-19-3/h4-6,11,13,17H,7-10,12H2,1-3H3. The molecule has 1 N–H and O–H groups in total. The van der Waals surface area contributed by atoms with E-state index in [-0.39, 0.29) is 6.10 Å². The zero-order valence-corrected chi connectivity index (χ0v) is 13.3. The van der Waals surface area contributed by atoms with Gasteiger partial charge in [-0.2, -0.15) is 0 Å². The van der Waals surface area contributed by atoms with Crippen LogP contribution in [0.2, 0.25) is 5.02 Å². The average Bonchev–Trinajstić information content (AvgIpc) is 2.38. The maximum Gasteiger partial charge on any atom is 0.121 e. The Morgan fingerprint density at radius 3 is 2.85 bits per heavy atom. The number of hydrogen-bond donors (Lipinski definition) is 1. The molecule has 1 aromatic rings. The van der Waals surface area contributed by atoms with Gasteiger partial charge in [-0.05, 0) is 32.2 Å². The molecular weight excluding hydrogens is 276 g/mol. The number of likely N-dealkylation sites (N-methyl/N-ethyl adjacent to an activating group) is 1. The van der Waals surface area contributed by atoms with Crippen molar-refractivity contribution in [3.05, 3.63) is 29.3 Å². The second-order valence-corrected chi connectivity index (χ2v) is 5.33. The minimum atomic E-state index is 0.123. The highest BCUT2D eigenvalue weighted by molar-refractivity contribution is 6.30. The van der Waals surface area contributed by atoms with Crippen LogP contribution in [0.4, 0.5) is 0 Å². The van der Waals surface area contributed by atoms with Gasteiger partial charge in [0.2, 0.25) is 0 Å². The number of hydrogen-bond acceptors (Lipinski definition) is 4. The third-order valence-corrected chi connectivity index (χ3v) is 3.09. The SMILES string of the molecule is COCCNCCN(C)CC(C)Oc1cccc(Cl)c1. The number of halogens is 1. The van der Waals surface area contributed by atoms with E-state index in [9.17, 15) is 0 Å². The van der Waals surface area contributed by atoms with Crippen LogP contribution in [0.15, 0.2) is 24.3 Å². The second-order valence-electron chi connectivity index (χ2n) is 4.89. The van der Waals surface area contributed by atoms with Crippen LogP contribution in [0.1, 0.15) is 6.92 Å². The zero-order chi connectivity index (χ0) is 14.8. The summed E-state index contributed by atoms with van der Waals surface area (Å²) in [5, 5.41) is 4.02. The van der Waals surface area contributed by atoms with E-state index in [4.69, 9.17) is 21.1 Å². The van der Waals surface area contributed by atoms with Gasteiger partial charge in [-0.15, -0.1) is 0 Å². The first-order valence-corrected chi connectivity index (χ1v) is 7.30. The molecule has 0 bridgehead atoms. The van der Waals surface area contributed by atoms with Crippen LogP contribution in [-0.2, 0) is 4.74 Å². The molecule has 0 aromatic heterocycles. The Morgan fingerprint density at radius 2 is 2.15 bits per heavy atom. The van der Waals surface area contributed by atoms with Crippen LogP contribution in [0.5, 0.6) is 5.75 Å². The Bertz CT molecular complexity index is 377. The van der Waals surface area contributed by atoms with Gasteiger partial charge in [-0.3, -0.25) is 0 Å².